The number of benzene rings is 3. The molecule has 4 rings (SSSR count). The molecule has 0 radical (unpaired) electrons. The Morgan fingerprint density at radius 1 is 1.00 bits per heavy atom. The van der Waals surface area contributed by atoms with Crippen molar-refractivity contribution in [1.82, 2.24) is 9.55 Å². The lowest BCUT2D eigenvalue weighted by Crippen LogP contribution is -2.41. The zero-order valence-electron chi connectivity index (χ0n) is 20.5. The fourth-order valence-corrected chi connectivity index (χ4v) is 4.38. The van der Waals surface area contributed by atoms with Gasteiger partial charge in [-0.3, -0.25) is 24.0 Å². The summed E-state index contributed by atoms with van der Waals surface area (Å²) in [6, 6.07) is 20.9. The Balaban J connectivity index is 1.83. The second-order valence-corrected chi connectivity index (χ2v) is 8.61. The lowest BCUT2D eigenvalue weighted by molar-refractivity contribution is -0.118. The third kappa shape index (κ3) is 5.02. The quantitative estimate of drug-likeness (QED) is 0.373. The van der Waals surface area contributed by atoms with Gasteiger partial charge in [-0.25, -0.2) is 4.79 Å². The molecule has 0 atom stereocenters. The first kappa shape index (κ1) is 24.8. The van der Waals surface area contributed by atoms with Gasteiger partial charge < -0.3 is 10.5 Å². The van der Waals surface area contributed by atoms with Gasteiger partial charge in [0.2, 0.25) is 5.91 Å². The number of H-pyrrole nitrogens is 1. The van der Waals surface area contributed by atoms with Crippen LogP contribution in [0.15, 0.2) is 76.3 Å². The van der Waals surface area contributed by atoms with Crippen LogP contribution in [-0.2, 0) is 24.3 Å². The number of rotatable bonds is 9. The van der Waals surface area contributed by atoms with Crippen LogP contribution in [0.1, 0.15) is 30.9 Å². The van der Waals surface area contributed by atoms with E-state index in [-0.39, 0.29) is 30.4 Å². The van der Waals surface area contributed by atoms with Crippen molar-refractivity contribution in [3.8, 4) is 5.75 Å². The van der Waals surface area contributed by atoms with Gasteiger partial charge in [0.25, 0.3) is 5.56 Å². The van der Waals surface area contributed by atoms with E-state index in [9.17, 15) is 14.4 Å². The summed E-state index contributed by atoms with van der Waals surface area (Å²) >= 11 is 0. The number of aromatic nitrogens is 2. The van der Waals surface area contributed by atoms with Crippen molar-refractivity contribution in [3.05, 3.63) is 98.7 Å². The largest absolute Gasteiger partial charge is 0.496 e. The molecule has 4 aromatic rings. The highest BCUT2D eigenvalue weighted by Gasteiger charge is 2.26. The minimum atomic E-state index is -0.702. The van der Waals surface area contributed by atoms with Crippen molar-refractivity contribution in [2.75, 3.05) is 17.7 Å². The number of amides is 1. The fraction of sp³-hybridized carbons (Fsp3) is 0.250. The molecular formula is C28H30N4O4. The van der Waals surface area contributed by atoms with Crippen LogP contribution in [0.2, 0.25) is 0 Å². The third-order valence-corrected chi connectivity index (χ3v) is 6.26. The number of para-hydroxylation sites is 1. The number of nitrogens with one attached hydrogen (secondary N) is 1. The molecule has 1 aromatic heterocycles. The van der Waals surface area contributed by atoms with E-state index in [1.54, 1.807) is 13.2 Å². The number of methoxy groups -OCH3 is 1. The first-order valence-electron chi connectivity index (χ1n) is 12.0. The maximum absolute atomic E-state index is 13.9. The minimum absolute atomic E-state index is 0.0293. The normalized spacial score (nSPS) is 10.9. The highest BCUT2D eigenvalue weighted by atomic mass is 16.5. The van der Waals surface area contributed by atoms with E-state index in [1.165, 1.54) is 9.47 Å². The second-order valence-electron chi connectivity index (χ2n) is 8.61. The van der Waals surface area contributed by atoms with Gasteiger partial charge in [-0.15, -0.1) is 0 Å². The highest BCUT2D eigenvalue weighted by Crippen LogP contribution is 2.26. The molecule has 0 spiro atoms. The molecule has 186 valence electrons. The summed E-state index contributed by atoms with van der Waals surface area (Å²) < 4.78 is 6.80. The number of anilines is 2. The molecule has 1 heterocycles. The summed E-state index contributed by atoms with van der Waals surface area (Å²) in [5.74, 6) is 0.225. The van der Waals surface area contributed by atoms with Crippen molar-refractivity contribution < 1.29 is 9.53 Å². The number of hydrogen-bond donors (Lipinski definition) is 2. The highest BCUT2D eigenvalue weighted by molar-refractivity contribution is 5.99. The molecule has 0 saturated heterocycles. The number of carbonyl (C=O) groups is 1. The Hall–Kier alpha value is -4.33. The van der Waals surface area contributed by atoms with Crippen molar-refractivity contribution in [2.24, 2.45) is 0 Å². The first-order valence-corrected chi connectivity index (χ1v) is 12.0. The van der Waals surface area contributed by atoms with E-state index < -0.39 is 11.2 Å². The molecule has 0 fully saturated rings. The van der Waals surface area contributed by atoms with Gasteiger partial charge in [0.1, 0.15) is 11.6 Å². The number of nitrogen functional groups attached to an aromatic ring is 1. The summed E-state index contributed by atoms with van der Waals surface area (Å²) in [7, 11) is 1.55. The fourth-order valence-electron chi connectivity index (χ4n) is 4.38. The SMILES string of the molecule is CCCCn1c(N)c(N(Cc2ccccc2OC)C(=O)Cc2cccc3ccccc23)c(=O)[nH]c1=O. The van der Waals surface area contributed by atoms with Gasteiger partial charge in [0.05, 0.1) is 20.1 Å². The average Bonchev–Trinajstić information content (AvgIpc) is 2.88. The maximum atomic E-state index is 13.9. The Labute approximate surface area is 208 Å². The molecule has 0 bridgehead atoms. The molecule has 8 heteroatoms. The summed E-state index contributed by atoms with van der Waals surface area (Å²) in [6.45, 7) is 2.38. The van der Waals surface area contributed by atoms with Crippen molar-refractivity contribution in [2.45, 2.75) is 39.3 Å². The van der Waals surface area contributed by atoms with Crippen LogP contribution in [0.25, 0.3) is 10.8 Å². The number of nitrogens with zero attached hydrogens (tertiary/aromatic N) is 2. The molecule has 3 aromatic carbocycles. The van der Waals surface area contributed by atoms with Crippen molar-refractivity contribution in [3.63, 3.8) is 0 Å². The van der Waals surface area contributed by atoms with Crippen LogP contribution in [0.5, 0.6) is 5.75 Å². The predicted octanol–water partition coefficient (Wildman–Crippen LogP) is 3.86. The maximum Gasteiger partial charge on any atom is 0.330 e. The van der Waals surface area contributed by atoms with Gasteiger partial charge in [-0.05, 0) is 28.8 Å². The molecule has 0 aliphatic heterocycles. The Morgan fingerprint density at radius 2 is 1.69 bits per heavy atom. The summed E-state index contributed by atoms with van der Waals surface area (Å²) in [4.78, 5) is 43.1. The zero-order chi connectivity index (χ0) is 25.7. The minimum Gasteiger partial charge on any atom is -0.496 e. The molecule has 0 saturated carbocycles. The average molecular weight is 487 g/mol. The van der Waals surface area contributed by atoms with Crippen LogP contribution in [0.4, 0.5) is 11.5 Å². The number of ether oxygens (including phenoxy) is 1. The van der Waals surface area contributed by atoms with E-state index in [0.29, 0.717) is 24.3 Å². The summed E-state index contributed by atoms with van der Waals surface area (Å²) in [5.41, 5.74) is 6.59. The number of unbranched alkanes of at least 4 members (excludes halogenated alkanes) is 1. The van der Waals surface area contributed by atoms with Crippen LogP contribution < -0.4 is 26.6 Å². The van der Waals surface area contributed by atoms with Gasteiger partial charge >= 0.3 is 5.69 Å². The Bertz CT molecular complexity index is 1500. The van der Waals surface area contributed by atoms with Crippen LogP contribution in [0, 0.1) is 0 Å². The van der Waals surface area contributed by atoms with Gasteiger partial charge in [0, 0.05) is 12.1 Å². The number of aromatic amines is 1. The molecular weight excluding hydrogens is 456 g/mol. The third-order valence-electron chi connectivity index (χ3n) is 6.26. The van der Waals surface area contributed by atoms with Gasteiger partial charge in [0.15, 0.2) is 5.69 Å². The van der Waals surface area contributed by atoms with Crippen LogP contribution in [-0.4, -0.2) is 22.6 Å². The molecule has 0 unspecified atom stereocenters. The van der Waals surface area contributed by atoms with E-state index in [4.69, 9.17) is 10.5 Å². The summed E-state index contributed by atoms with van der Waals surface area (Å²) in [6.07, 6.45) is 1.58. The Kier molecular flexibility index (Phi) is 7.53. The molecule has 36 heavy (non-hydrogen) atoms. The van der Waals surface area contributed by atoms with Crippen LogP contribution in [0.3, 0.4) is 0 Å². The predicted molar refractivity (Wildman–Crippen MR) is 142 cm³/mol. The standard InChI is InChI=1S/C28H30N4O4/c1-3-4-16-31-26(29)25(27(34)30-28(31)35)32(18-21-11-6-8-15-23(21)36-2)24(33)17-20-13-9-12-19-10-5-7-14-22(19)20/h5-15H,3-4,16-18,29H2,1-2H3,(H,30,34,35). The topological polar surface area (TPSA) is 110 Å². The number of fused-ring (bicyclic) bond motifs is 1. The van der Waals surface area contributed by atoms with E-state index in [0.717, 1.165) is 22.8 Å². The molecule has 0 aliphatic carbocycles. The lowest BCUT2D eigenvalue weighted by Gasteiger charge is -2.25. The number of carbonyl (C=O) groups excluding carboxylic acids is 1. The van der Waals surface area contributed by atoms with E-state index >= 15 is 0 Å². The summed E-state index contributed by atoms with van der Waals surface area (Å²) in [5, 5.41) is 1.98. The molecule has 3 N–H and O–H groups in total. The van der Waals surface area contributed by atoms with Crippen molar-refractivity contribution in [1.29, 1.82) is 0 Å². The smallest absolute Gasteiger partial charge is 0.330 e. The van der Waals surface area contributed by atoms with Crippen LogP contribution >= 0.6 is 0 Å². The van der Waals surface area contributed by atoms with E-state index in [2.05, 4.69) is 4.98 Å². The first-order chi connectivity index (χ1) is 17.4. The number of nitrogens with two attached hydrogens (primary N) is 1. The van der Waals surface area contributed by atoms with Crippen molar-refractivity contribution >= 4 is 28.2 Å². The zero-order valence-corrected chi connectivity index (χ0v) is 20.5. The lowest BCUT2D eigenvalue weighted by atomic mass is 10.0. The molecule has 0 aliphatic rings. The number of hydrogen-bond acceptors (Lipinski definition) is 5. The monoisotopic (exact) mass is 486 g/mol. The molecule has 8 nitrogen and oxygen atoms in total. The van der Waals surface area contributed by atoms with Gasteiger partial charge in [-0.1, -0.05) is 74.0 Å². The Morgan fingerprint density at radius 3 is 2.47 bits per heavy atom. The molecule has 1 amide bonds. The second kappa shape index (κ2) is 10.9. The van der Waals surface area contributed by atoms with E-state index in [1.807, 2.05) is 67.6 Å². The van der Waals surface area contributed by atoms with Gasteiger partial charge in [-0.2, -0.15) is 0 Å².